The van der Waals surface area contributed by atoms with Crippen molar-refractivity contribution in [2.45, 2.75) is 0 Å². The molecule has 0 heterocycles. The first kappa shape index (κ1) is 27.9. The van der Waals surface area contributed by atoms with Crippen LogP contribution < -0.4 is 10.9 Å². The molecular formula is C5H16N2O4P2Y3. The third-order valence-electron chi connectivity index (χ3n) is 1.00. The average Bonchev–Trinajstić information content (AvgIpc) is 2.01. The Morgan fingerprint density at radius 1 is 0.938 bits per heavy atom. The second kappa shape index (κ2) is 20.9. The van der Waals surface area contributed by atoms with E-state index in [0.717, 1.165) is 0 Å². The number of hydrogen-bond acceptors (Lipinski definition) is 6. The largest absolute Gasteiger partial charge is 0.329 e. The molecule has 0 fully saturated rings. The minimum Gasteiger partial charge on any atom is -0.329 e. The van der Waals surface area contributed by atoms with Crippen LogP contribution in [0.5, 0.6) is 0 Å². The first-order chi connectivity index (χ1) is 6.13. The molecule has 0 amide bonds. The molecule has 2 N–H and O–H groups in total. The van der Waals surface area contributed by atoms with Gasteiger partial charge in [0.15, 0.2) is 16.1 Å². The van der Waals surface area contributed by atoms with Crippen LogP contribution in [0.25, 0.3) is 0 Å². The zero-order valence-corrected chi connectivity index (χ0v) is 20.0. The fourth-order valence-corrected chi connectivity index (χ4v) is 1.19. The van der Waals surface area contributed by atoms with Gasteiger partial charge >= 0.3 is 0 Å². The van der Waals surface area contributed by atoms with Crippen LogP contribution in [0.1, 0.15) is 0 Å². The maximum atomic E-state index is 10.5. The van der Waals surface area contributed by atoms with Gasteiger partial charge in [0.05, 0.1) is 6.61 Å². The molecule has 0 aliphatic heterocycles. The van der Waals surface area contributed by atoms with Gasteiger partial charge < -0.3 is 9.05 Å². The molecule has 0 saturated carbocycles. The zero-order chi connectivity index (χ0) is 10.1. The van der Waals surface area contributed by atoms with Crippen LogP contribution >= 0.6 is 16.1 Å². The van der Waals surface area contributed by atoms with E-state index >= 15 is 0 Å². The Morgan fingerprint density at radius 3 is 1.88 bits per heavy atom. The zero-order valence-electron chi connectivity index (χ0n) is 9.49. The van der Waals surface area contributed by atoms with Gasteiger partial charge in [-0.1, -0.05) is 0 Å². The van der Waals surface area contributed by atoms with E-state index in [0.29, 0.717) is 13.2 Å². The molecule has 0 saturated heterocycles. The van der Waals surface area contributed by atoms with E-state index in [1.165, 1.54) is 13.3 Å². The molecule has 89 valence electrons. The number of nitrogens with one attached hydrogen (secondary N) is 2. The van der Waals surface area contributed by atoms with Crippen LogP contribution in [0.15, 0.2) is 0 Å². The summed E-state index contributed by atoms with van der Waals surface area (Å²) in [7, 11) is -3.70. The van der Waals surface area contributed by atoms with Gasteiger partial charge in [-0.15, -0.1) is 0 Å². The van der Waals surface area contributed by atoms with Crippen molar-refractivity contribution >= 4 is 16.1 Å². The minimum atomic E-state index is -1.87. The number of hydrazine groups is 1. The van der Waals surface area contributed by atoms with E-state index in [4.69, 9.17) is 9.05 Å². The normalized spacial score (nSPS) is 12.6. The Balaban J connectivity index is -0.000000240. The summed E-state index contributed by atoms with van der Waals surface area (Å²) in [5, 5.41) is 0. The van der Waals surface area contributed by atoms with E-state index in [1.807, 2.05) is 0 Å². The second-order valence-electron chi connectivity index (χ2n) is 2.22. The molecule has 0 aromatic heterocycles. The van der Waals surface area contributed by atoms with E-state index in [-0.39, 0.29) is 105 Å². The van der Waals surface area contributed by atoms with Crippen molar-refractivity contribution in [2.75, 3.05) is 33.2 Å². The molecule has 6 nitrogen and oxygen atoms in total. The van der Waals surface area contributed by atoms with Crippen LogP contribution in [0.2, 0.25) is 0 Å². The van der Waals surface area contributed by atoms with Gasteiger partial charge in [-0.25, -0.2) is 5.43 Å². The van der Waals surface area contributed by atoms with Crippen LogP contribution in [0, 0.1) is 0 Å². The third kappa shape index (κ3) is 26.2. The molecule has 0 rings (SSSR count). The summed E-state index contributed by atoms with van der Waals surface area (Å²) in [5.74, 6) is 0. The third-order valence-corrected chi connectivity index (χ3v) is 2.17. The molecular weight excluding hydrogens is 481 g/mol. The Kier molecular flexibility index (Phi) is 36.4. The van der Waals surface area contributed by atoms with Gasteiger partial charge in [0.25, 0.3) is 0 Å². The SMILES string of the molecule is C[PH](=O)OCCNNCO[PH](C)=O.[Y].[Y].[Y]. The van der Waals surface area contributed by atoms with E-state index in [9.17, 15) is 9.13 Å². The van der Waals surface area contributed by atoms with Crippen molar-refractivity contribution in [3.05, 3.63) is 0 Å². The summed E-state index contributed by atoms with van der Waals surface area (Å²) in [4.78, 5) is 0. The summed E-state index contributed by atoms with van der Waals surface area (Å²) in [5.41, 5.74) is 5.42. The van der Waals surface area contributed by atoms with Gasteiger partial charge in [-0.05, 0) is 0 Å². The molecule has 11 heteroatoms. The minimum absolute atomic E-state index is 0. The van der Waals surface area contributed by atoms with Gasteiger partial charge in [-0.2, -0.15) is 0 Å². The Labute approximate surface area is 173 Å². The Bertz CT molecular complexity index is 171. The maximum absolute atomic E-state index is 10.5. The Hall–Kier alpha value is 3.61. The second-order valence-corrected chi connectivity index (χ2v) is 4.77. The van der Waals surface area contributed by atoms with Crippen LogP contribution in [0.4, 0.5) is 0 Å². The molecule has 0 aliphatic carbocycles. The van der Waals surface area contributed by atoms with Crippen LogP contribution in [-0.4, -0.2) is 33.2 Å². The predicted molar refractivity (Wildman–Crippen MR) is 52.9 cm³/mol. The molecule has 0 aromatic carbocycles. The summed E-state index contributed by atoms with van der Waals surface area (Å²) in [6.07, 6.45) is 0. The molecule has 0 bridgehead atoms. The predicted octanol–water partition coefficient (Wildman–Crippen LogP) is 0.273. The van der Waals surface area contributed by atoms with Crippen molar-refractivity contribution in [3.63, 3.8) is 0 Å². The first-order valence-electron chi connectivity index (χ1n) is 3.85. The number of rotatable bonds is 8. The van der Waals surface area contributed by atoms with Crippen molar-refractivity contribution in [2.24, 2.45) is 0 Å². The van der Waals surface area contributed by atoms with E-state index < -0.39 is 16.1 Å². The standard InChI is InChI=1S/C5H16N2O4P2.3Y/c1-12(8)10-4-3-6-7-5-11-13(2)9;;;/h6-7,12-13H,3-5H2,1-2H3;;;. The molecule has 0 spiro atoms. The van der Waals surface area contributed by atoms with Gasteiger partial charge in [0.2, 0.25) is 0 Å². The molecule has 2 unspecified atom stereocenters. The van der Waals surface area contributed by atoms with Crippen molar-refractivity contribution in [3.8, 4) is 0 Å². The van der Waals surface area contributed by atoms with E-state index in [1.54, 1.807) is 0 Å². The van der Waals surface area contributed by atoms with Crippen molar-refractivity contribution < 1.29 is 116 Å². The molecule has 0 aliphatic rings. The monoisotopic (exact) mass is 497 g/mol. The summed E-state index contributed by atoms with van der Waals surface area (Å²) in [6.45, 7) is 4.14. The summed E-state index contributed by atoms with van der Waals surface area (Å²) < 4.78 is 30.5. The van der Waals surface area contributed by atoms with Gasteiger partial charge in [0.1, 0.15) is 6.73 Å². The Morgan fingerprint density at radius 2 is 1.44 bits per heavy atom. The summed E-state index contributed by atoms with van der Waals surface area (Å²) >= 11 is 0. The molecule has 3 radical (unpaired) electrons. The maximum Gasteiger partial charge on any atom is 0.189 e. The molecule has 16 heavy (non-hydrogen) atoms. The van der Waals surface area contributed by atoms with Crippen LogP contribution in [-0.2, 0) is 116 Å². The van der Waals surface area contributed by atoms with Crippen molar-refractivity contribution in [1.29, 1.82) is 0 Å². The quantitative estimate of drug-likeness (QED) is 0.217. The number of hydrogen-bond donors (Lipinski definition) is 2. The molecule has 0 aromatic rings. The first-order valence-corrected chi connectivity index (χ1v) is 7.48. The average molecular weight is 497 g/mol. The van der Waals surface area contributed by atoms with E-state index in [2.05, 4.69) is 10.9 Å². The van der Waals surface area contributed by atoms with Crippen LogP contribution in [0.3, 0.4) is 0 Å². The fraction of sp³-hybridized carbons (Fsp3) is 1.00. The van der Waals surface area contributed by atoms with Crippen molar-refractivity contribution in [1.82, 2.24) is 10.9 Å². The van der Waals surface area contributed by atoms with Gasteiger partial charge in [0, 0.05) is 118 Å². The smallest absolute Gasteiger partial charge is 0.189 e. The van der Waals surface area contributed by atoms with Gasteiger partial charge in [-0.3, -0.25) is 14.6 Å². The topological polar surface area (TPSA) is 76.7 Å². The fourth-order valence-electron chi connectivity index (χ4n) is 0.523. The summed E-state index contributed by atoms with van der Waals surface area (Å²) in [6, 6.07) is 0. The molecule has 2 atom stereocenters.